The zero-order chi connectivity index (χ0) is 26.9. The quantitative estimate of drug-likeness (QED) is 0.357. The third-order valence-corrected chi connectivity index (χ3v) is 6.80. The summed E-state index contributed by atoms with van der Waals surface area (Å²) in [5.74, 6) is 0.168. The lowest BCUT2D eigenvalue weighted by Crippen LogP contribution is -2.22. The van der Waals surface area contributed by atoms with Gasteiger partial charge in [-0.25, -0.2) is 0 Å². The number of hydrogen-bond donors (Lipinski definition) is 2. The number of nitro groups is 1. The number of non-ortho nitro benzene ring substituents is 1. The van der Waals surface area contributed by atoms with Gasteiger partial charge in [0.15, 0.2) is 5.78 Å². The molecule has 0 fully saturated rings. The van der Waals surface area contributed by atoms with Gasteiger partial charge in [-0.05, 0) is 61.3 Å². The number of carbonyl (C=O) groups is 3. The Balaban J connectivity index is 0.000000134. The third-order valence-electron chi connectivity index (χ3n) is 6.80. The molecule has 6 rings (SSSR count). The van der Waals surface area contributed by atoms with E-state index in [2.05, 4.69) is 10.6 Å². The van der Waals surface area contributed by atoms with E-state index in [0.717, 1.165) is 68.2 Å². The summed E-state index contributed by atoms with van der Waals surface area (Å²) >= 11 is 0. The standard InChI is InChI=1S/C10H10N2O3.C10H11NO.C10H10O/c13-10-9-6-8(12(14)15)4-3-7(9)2-1-5-11-10;12-10-9-6-2-1-4-8(9)5-3-7-11-10;11-10-7-3-5-8-4-1-2-6-9(8)10/h3-4,6H,1-2,5H2,(H,11,13);1-2,4,6H,3,5,7H2,(H,11,12);1-2,4,6H,3,5,7H2. The van der Waals surface area contributed by atoms with Crippen LogP contribution in [-0.4, -0.2) is 35.6 Å². The molecule has 196 valence electrons. The van der Waals surface area contributed by atoms with Crippen molar-refractivity contribution in [1.82, 2.24) is 10.6 Å². The van der Waals surface area contributed by atoms with Gasteiger partial charge in [-0.15, -0.1) is 0 Å². The molecule has 0 aromatic heterocycles. The Labute approximate surface area is 221 Å². The molecule has 0 unspecified atom stereocenters. The maximum atomic E-state index is 11.5. The first-order valence-corrected chi connectivity index (χ1v) is 13.0. The van der Waals surface area contributed by atoms with Crippen molar-refractivity contribution in [1.29, 1.82) is 0 Å². The molecule has 2 N–H and O–H groups in total. The lowest BCUT2D eigenvalue weighted by Gasteiger charge is -2.12. The van der Waals surface area contributed by atoms with Crippen LogP contribution in [0, 0.1) is 10.1 Å². The van der Waals surface area contributed by atoms with Crippen LogP contribution in [0.15, 0.2) is 66.7 Å². The predicted octanol–water partition coefficient (Wildman–Crippen LogP) is 4.84. The SMILES string of the molecule is O=C1CCCc2ccccc21.O=C1NCCCc2ccc([N+](=O)[O-])cc21.O=C1NCCCc2ccccc21. The van der Waals surface area contributed by atoms with Gasteiger partial charge >= 0.3 is 0 Å². The van der Waals surface area contributed by atoms with E-state index in [4.69, 9.17) is 0 Å². The molecule has 2 aliphatic heterocycles. The van der Waals surface area contributed by atoms with Gasteiger partial charge in [0, 0.05) is 48.3 Å². The van der Waals surface area contributed by atoms with E-state index in [1.165, 1.54) is 23.3 Å². The second-order valence-corrected chi connectivity index (χ2v) is 9.41. The molecule has 3 aromatic carbocycles. The summed E-state index contributed by atoms with van der Waals surface area (Å²) in [4.78, 5) is 44.3. The fourth-order valence-electron chi connectivity index (χ4n) is 4.80. The first-order chi connectivity index (χ1) is 18.4. The number of ketones is 1. The van der Waals surface area contributed by atoms with Crippen LogP contribution in [0.5, 0.6) is 0 Å². The predicted molar refractivity (Wildman–Crippen MR) is 145 cm³/mol. The normalized spacial score (nSPS) is 15.7. The highest BCUT2D eigenvalue weighted by Crippen LogP contribution is 2.21. The van der Waals surface area contributed by atoms with Crippen LogP contribution in [0.4, 0.5) is 5.69 Å². The minimum Gasteiger partial charge on any atom is -0.352 e. The third kappa shape index (κ3) is 6.70. The summed E-state index contributed by atoms with van der Waals surface area (Å²) < 4.78 is 0. The highest BCUT2D eigenvalue weighted by atomic mass is 16.6. The number of carbonyl (C=O) groups excluding carboxylic acids is 3. The van der Waals surface area contributed by atoms with Crippen LogP contribution in [0.25, 0.3) is 0 Å². The number of hydrogen-bond acceptors (Lipinski definition) is 5. The van der Waals surface area contributed by atoms with Gasteiger partial charge in [-0.3, -0.25) is 24.5 Å². The largest absolute Gasteiger partial charge is 0.352 e. The molecule has 2 amide bonds. The number of nitrogens with one attached hydrogen (secondary N) is 2. The van der Waals surface area contributed by atoms with E-state index in [1.54, 1.807) is 6.07 Å². The van der Waals surface area contributed by atoms with Gasteiger partial charge in [0.1, 0.15) is 0 Å². The highest BCUT2D eigenvalue weighted by molar-refractivity contribution is 5.98. The summed E-state index contributed by atoms with van der Waals surface area (Å²) in [5.41, 5.74) is 5.47. The number of aryl methyl sites for hydroxylation is 3. The Morgan fingerprint density at radius 1 is 0.605 bits per heavy atom. The summed E-state index contributed by atoms with van der Waals surface area (Å²) in [7, 11) is 0. The molecule has 3 aromatic rings. The van der Waals surface area contributed by atoms with E-state index < -0.39 is 4.92 Å². The van der Waals surface area contributed by atoms with Crippen molar-refractivity contribution in [2.24, 2.45) is 0 Å². The van der Waals surface area contributed by atoms with Crippen LogP contribution in [0.3, 0.4) is 0 Å². The zero-order valence-electron chi connectivity index (χ0n) is 21.2. The molecule has 0 radical (unpaired) electrons. The molecule has 8 heteroatoms. The van der Waals surface area contributed by atoms with Crippen LogP contribution >= 0.6 is 0 Å². The number of amides is 2. The van der Waals surface area contributed by atoms with E-state index in [9.17, 15) is 24.5 Å². The highest BCUT2D eigenvalue weighted by Gasteiger charge is 2.18. The maximum Gasteiger partial charge on any atom is 0.270 e. The van der Waals surface area contributed by atoms with E-state index in [1.807, 2.05) is 48.5 Å². The molecule has 2 heterocycles. The maximum absolute atomic E-state index is 11.5. The average Bonchev–Trinajstić information content (AvgIpc) is 3.25. The molecule has 3 aliphatic rings. The zero-order valence-corrected chi connectivity index (χ0v) is 21.2. The topological polar surface area (TPSA) is 118 Å². The number of fused-ring (bicyclic) bond motifs is 3. The monoisotopic (exact) mass is 513 g/mol. The van der Waals surface area contributed by atoms with E-state index >= 15 is 0 Å². The van der Waals surface area contributed by atoms with E-state index in [-0.39, 0.29) is 17.5 Å². The molecule has 0 atom stereocenters. The van der Waals surface area contributed by atoms with Crippen molar-refractivity contribution in [3.8, 4) is 0 Å². The smallest absolute Gasteiger partial charge is 0.270 e. The van der Waals surface area contributed by atoms with Crippen molar-refractivity contribution in [3.63, 3.8) is 0 Å². The van der Waals surface area contributed by atoms with Crippen molar-refractivity contribution in [2.45, 2.75) is 44.9 Å². The number of benzene rings is 3. The Hall–Kier alpha value is -4.33. The van der Waals surface area contributed by atoms with Crippen molar-refractivity contribution < 1.29 is 19.3 Å². The lowest BCUT2D eigenvalue weighted by atomic mass is 9.91. The minimum absolute atomic E-state index is 0.0363. The Morgan fingerprint density at radius 3 is 1.76 bits per heavy atom. The summed E-state index contributed by atoms with van der Waals surface area (Å²) in [6.07, 6.45) is 6.54. The second-order valence-electron chi connectivity index (χ2n) is 9.41. The van der Waals surface area contributed by atoms with Crippen molar-refractivity contribution in [3.05, 3.63) is 110 Å². The minimum atomic E-state index is -0.488. The van der Waals surface area contributed by atoms with Gasteiger partial charge in [-0.1, -0.05) is 48.5 Å². The average molecular weight is 514 g/mol. The second kappa shape index (κ2) is 12.8. The first kappa shape index (κ1) is 26.7. The Kier molecular flexibility index (Phi) is 8.98. The Bertz CT molecular complexity index is 1350. The summed E-state index contributed by atoms with van der Waals surface area (Å²) in [6.45, 7) is 1.43. The molecule has 1 aliphatic carbocycles. The summed E-state index contributed by atoms with van der Waals surface area (Å²) in [5, 5.41) is 16.1. The molecular formula is C30H31N3O5. The number of rotatable bonds is 1. The Morgan fingerprint density at radius 2 is 1.13 bits per heavy atom. The van der Waals surface area contributed by atoms with Crippen LogP contribution in [0.1, 0.15) is 73.4 Å². The van der Waals surface area contributed by atoms with Gasteiger partial charge in [-0.2, -0.15) is 0 Å². The molecule has 0 spiro atoms. The van der Waals surface area contributed by atoms with Crippen LogP contribution < -0.4 is 10.6 Å². The van der Waals surface area contributed by atoms with Gasteiger partial charge in [0.05, 0.1) is 4.92 Å². The van der Waals surface area contributed by atoms with Gasteiger partial charge < -0.3 is 10.6 Å². The fourth-order valence-corrected chi connectivity index (χ4v) is 4.80. The van der Waals surface area contributed by atoms with Crippen LogP contribution in [0.2, 0.25) is 0 Å². The first-order valence-electron chi connectivity index (χ1n) is 13.0. The number of nitrogens with zero attached hydrogens (tertiary/aromatic N) is 1. The molecule has 0 saturated carbocycles. The fraction of sp³-hybridized carbons (Fsp3) is 0.300. The lowest BCUT2D eigenvalue weighted by molar-refractivity contribution is -0.384. The van der Waals surface area contributed by atoms with Gasteiger partial charge in [0.25, 0.3) is 17.5 Å². The molecule has 0 saturated heterocycles. The van der Waals surface area contributed by atoms with Gasteiger partial charge in [0.2, 0.25) is 0 Å². The molecule has 8 nitrogen and oxygen atoms in total. The summed E-state index contributed by atoms with van der Waals surface area (Å²) in [6, 6.07) is 20.2. The van der Waals surface area contributed by atoms with Crippen molar-refractivity contribution >= 4 is 23.3 Å². The molecule has 0 bridgehead atoms. The molecular weight excluding hydrogens is 482 g/mol. The molecule has 38 heavy (non-hydrogen) atoms. The van der Waals surface area contributed by atoms with Crippen molar-refractivity contribution in [2.75, 3.05) is 13.1 Å². The number of Topliss-reactive ketones (excluding diaryl/α,β-unsaturated/α-hetero) is 1. The van der Waals surface area contributed by atoms with Crippen LogP contribution in [-0.2, 0) is 19.3 Å². The number of nitro benzene ring substituents is 1. The van der Waals surface area contributed by atoms with E-state index in [0.29, 0.717) is 17.9 Å².